The largest absolute Gasteiger partial charge is 0.465 e. The zero-order valence-electron chi connectivity index (χ0n) is 9.80. The molecule has 17 heavy (non-hydrogen) atoms. The molecule has 0 fully saturated rings. The highest BCUT2D eigenvalue weighted by atomic mass is 16.5. The predicted molar refractivity (Wildman–Crippen MR) is 61.1 cm³/mol. The zero-order chi connectivity index (χ0) is 12.9. The first kappa shape index (κ1) is 15.8. The van der Waals surface area contributed by atoms with Crippen LogP contribution in [0.15, 0.2) is 6.08 Å². The molecule has 0 bridgehead atoms. The zero-order valence-corrected chi connectivity index (χ0v) is 9.80. The lowest BCUT2D eigenvalue weighted by molar-refractivity contribution is -0.143. The number of carbonyl (C=O) groups excluding carboxylic acids is 2. The van der Waals surface area contributed by atoms with E-state index in [9.17, 15) is 9.59 Å². The summed E-state index contributed by atoms with van der Waals surface area (Å²) in [5.74, 6) is 1.24. The fourth-order valence-electron chi connectivity index (χ4n) is 1.23. The molecule has 0 aromatic heterocycles. The standard InChI is InChI=1S/C11H19NO5/c13-7-1-2-10-17-11(16)3-4-12(5-8-14)6-9-15/h1,14-15H,2-6,8-10H2. The molecule has 0 radical (unpaired) electrons. The van der Waals surface area contributed by atoms with Gasteiger partial charge < -0.3 is 14.9 Å². The molecule has 0 amide bonds. The Bertz CT molecular complexity index is 244. The molecule has 6 nitrogen and oxygen atoms in total. The van der Waals surface area contributed by atoms with Gasteiger partial charge in [-0.05, 0) is 0 Å². The lowest BCUT2D eigenvalue weighted by Crippen LogP contribution is -2.32. The van der Waals surface area contributed by atoms with Gasteiger partial charge in [0.05, 0.1) is 26.2 Å². The summed E-state index contributed by atoms with van der Waals surface area (Å²) in [4.78, 5) is 22.8. The summed E-state index contributed by atoms with van der Waals surface area (Å²) >= 11 is 0. The van der Waals surface area contributed by atoms with Crippen LogP contribution < -0.4 is 0 Å². The SMILES string of the molecule is O=C=CCCOC(=O)CCN(CCO)CCO. The predicted octanol–water partition coefficient (Wildman–Crippen LogP) is -1.02. The second-order valence-corrected chi connectivity index (χ2v) is 3.37. The van der Waals surface area contributed by atoms with Gasteiger partial charge in [0.25, 0.3) is 0 Å². The summed E-state index contributed by atoms with van der Waals surface area (Å²) in [5.41, 5.74) is 0. The first-order valence-electron chi connectivity index (χ1n) is 5.53. The van der Waals surface area contributed by atoms with Gasteiger partial charge in [0.15, 0.2) is 0 Å². The Kier molecular flexibility index (Phi) is 10.5. The van der Waals surface area contributed by atoms with Gasteiger partial charge in [0, 0.05) is 32.1 Å². The fraction of sp³-hybridized carbons (Fsp3) is 0.727. The van der Waals surface area contributed by atoms with E-state index in [1.165, 1.54) is 6.08 Å². The number of esters is 1. The average molecular weight is 245 g/mol. The van der Waals surface area contributed by atoms with Crippen molar-refractivity contribution >= 4 is 11.9 Å². The Hall–Kier alpha value is -1.20. The molecule has 6 heteroatoms. The molecular formula is C11H19NO5. The summed E-state index contributed by atoms with van der Waals surface area (Å²) in [6, 6.07) is 0. The number of carbonyl (C=O) groups is 1. The van der Waals surface area contributed by atoms with Crippen molar-refractivity contribution in [2.45, 2.75) is 12.8 Å². The van der Waals surface area contributed by atoms with Crippen LogP contribution in [0.4, 0.5) is 0 Å². The van der Waals surface area contributed by atoms with Gasteiger partial charge in [-0.1, -0.05) is 0 Å². The molecule has 0 saturated heterocycles. The molecule has 0 aliphatic carbocycles. The minimum absolute atomic E-state index is 0.0147. The first-order valence-corrected chi connectivity index (χ1v) is 5.53. The van der Waals surface area contributed by atoms with Crippen LogP contribution in [0.2, 0.25) is 0 Å². The minimum Gasteiger partial charge on any atom is -0.465 e. The van der Waals surface area contributed by atoms with E-state index in [2.05, 4.69) is 0 Å². The van der Waals surface area contributed by atoms with E-state index >= 15 is 0 Å². The topological polar surface area (TPSA) is 87.1 Å². The van der Waals surface area contributed by atoms with Gasteiger partial charge in [-0.2, -0.15) is 0 Å². The van der Waals surface area contributed by atoms with Gasteiger partial charge in [-0.15, -0.1) is 0 Å². The maximum Gasteiger partial charge on any atom is 0.307 e. The summed E-state index contributed by atoms with van der Waals surface area (Å²) in [7, 11) is 0. The minimum atomic E-state index is -0.356. The van der Waals surface area contributed by atoms with Crippen molar-refractivity contribution in [3.63, 3.8) is 0 Å². The highest BCUT2D eigenvalue weighted by Crippen LogP contribution is 1.94. The average Bonchev–Trinajstić information content (AvgIpc) is 2.32. The number of hydrogen-bond acceptors (Lipinski definition) is 6. The van der Waals surface area contributed by atoms with Gasteiger partial charge >= 0.3 is 5.97 Å². The third-order valence-corrected chi connectivity index (χ3v) is 2.07. The van der Waals surface area contributed by atoms with Crippen molar-refractivity contribution in [1.29, 1.82) is 0 Å². The van der Waals surface area contributed by atoms with E-state index in [-0.39, 0.29) is 32.2 Å². The van der Waals surface area contributed by atoms with Crippen molar-refractivity contribution in [2.75, 3.05) is 39.5 Å². The van der Waals surface area contributed by atoms with E-state index in [1.54, 1.807) is 10.8 Å². The summed E-state index contributed by atoms with van der Waals surface area (Å²) in [6.45, 7) is 1.42. The van der Waals surface area contributed by atoms with Crippen LogP contribution in [0, 0.1) is 0 Å². The third kappa shape index (κ3) is 9.71. The van der Waals surface area contributed by atoms with Crippen LogP contribution in [-0.2, 0) is 14.3 Å². The molecule has 0 aliphatic heterocycles. The molecule has 0 aliphatic rings. The second-order valence-electron chi connectivity index (χ2n) is 3.37. The Morgan fingerprint density at radius 2 is 1.88 bits per heavy atom. The molecule has 0 aromatic rings. The van der Waals surface area contributed by atoms with Crippen LogP contribution in [0.3, 0.4) is 0 Å². The van der Waals surface area contributed by atoms with Gasteiger partial charge in [-0.25, -0.2) is 4.79 Å². The fourth-order valence-corrected chi connectivity index (χ4v) is 1.23. The molecule has 2 N–H and O–H groups in total. The molecule has 0 saturated carbocycles. The van der Waals surface area contributed by atoms with Gasteiger partial charge in [0.2, 0.25) is 0 Å². The lowest BCUT2D eigenvalue weighted by atomic mass is 10.3. The monoisotopic (exact) mass is 245 g/mol. The van der Waals surface area contributed by atoms with Crippen LogP contribution >= 0.6 is 0 Å². The number of nitrogens with zero attached hydrogens (tertiary/aromatic N) is 1. The second kappa shape index (κ2) is 11.3. The lowest BCUT2D eigenvalue weighted by Gasteiger charge is -2.19. The van der Waals surface area contributed by atoms with Crippen molar-refractivity contribution in [3.8, 4) is 0 Å². The van der Waals surface area contributed by atoms with E-state index in [4.69, 9.17) is 14.9 Å². The van der Waals surface area contributed by atoms with Crippen LogP contribution in [0.1, 0.15) is 12.8 Å². The Morgan fingerprint density at radius 1 is 1.24 bits per heavy atom. The van der Waals surface area contributed by atoms with Gasteiger partial charge in [-0.3, -0.25) is 9.69 Å². The van der Waals surface area contributed by atoms with Crippen molar-refractivity contribution in [1.82, 2.24) is 4.90 Å². The quantitative estimate of drug-likeness (QED) is 0.291. The molecular weight excluding hydrogens is 226 g/mol. The summed E-state index contributed by atoms with van der Waals surface area (Å²) in [6.07, 6.45) is 1.83. The highest BCUT2D eigenvalue weighted by Gasteiger charge is 2.08. The van der Waals surface area contributed by atoms with Crippen LogP contribution in [0.25, 0.3) is 0 Å². The number of rotatable bonds is 10. The van der Waals surface area contributed by atoms with E-state index < -0.39 is 0 Å². The maximum atomic E-state index is 11.2. The van der Waals surface area contributed by atoms with E-state index in [1.807, 2.05) is 0 Å². The normalized spacial score (nSPS) is 10.1. The third-order valence-electron chi connectivity index (χ3n) is 2.07. The summed E-state index contributed by atoms with van der Waals surface area (Å²) in [5, 5.41) is 17.5. The molecule has 98 valence electrons. The van der Waals surface area contributed by atoms with Crippen LogP contribution in [-0.4, -0.2) is 66.5 Å². The molecule has 0 unspecified atom stereocenters. The Labute approximate surface area is 100 Å². The molecule has 0 rings (SSSR count). The number of aliphatic hydroxyl groups is 2. The van der Waals surface area contributed by atoms with Crippen molar-refractivity contribution in [2.24, 2.45) is 0 Å². The van der Waals surface area contributed by atoms with Gasteiger partial charge in [0.1, 0.15) is 5.94 Å². The van der Waals surface area contributed by atoms with E-state index in [0.717, 1.165) is 0 Å². The number of aliphatic hydroxyl groups excluding tert-OH is 2. The van der Waals surface area contributed by atoms with Crippen molar-refractivity contribution < 1.29 is 24.5 Å². The molecule has 0 aromatic carbocycles. The Balaban J connectivity index is 3.67. The molecule has 0 atom stereocenters. The number of hydrogen-bond donors (Lipinski definition) is 2. The molecule has 0 spiro atoms. The number of ether oxygens (including phenoxy) is 1. The Morgan fingerprint density at radius 3 is 2.41 bits per heavy atom. The smallest absolute Gasteiger partial charge is 0.307 e. The molecule has 0 heterocycles. The van der Waals surface area contributed by atoms with Crippen molar-refractivity contribution in [3.05, 3.63) is 6.08 Å². The first-order chi connectivity index (χ1) is 8.24. The summed E-state index contributed by atoms with van der Waals surface area (Å²) < 4.78 is 4.85. The highest BCUT2D eigenvalue weighted by molar-refractivity contribution is 5.69. The maximum absolute atomic E-state index is 11.2. The van der Waals surface area contributed by atoms with E-state index in [0.29, 0.717) is 26.1 Å². The van der Waals surface area contributed by atoms with Crippen LogP contribution in [0.5, 0.6) is 0 Å².